The maximum absolute atomic E-state index is 12.8. The molecule has 2 rings (SSSR count). The van der Waals surface area contributed by atoms with Crippen LogP contribution in [-0.2, 0) is 16.7 Å². The van der Waals surface area contributed by atoms with Gasteiger partial charge in [-0.25, -0.2) is 4.79 Å². The average molecular weight is 401 g/mol. The summed E-state index contributed by atoms with van der Waals surface area (Å²) < 4.78 is 27.6. The second-order valence-corrected chi connectivity index (χ2v) is 8.01. The number of urea groups is 1. The number of carbonyl (C=O) groups excluding carboxylic acids is 1. The van der Waals surface area contributed by atoms with Crippen molar-refractivity contribution in [3.05, 3.63) is 59.7 Å². The molecule has 0 spiro atoms. The van der Waals surface area contributed by atoms with Crippen LogP contribution >= 0.6 is 0 Å². The van der Waals surface area contributed by atoms with Gasteiger partial charge in [0.15, 0.2) is 0 Å². The largest absolute Gasteiger partial charge is 0.383 e. The quantitative estimate of drug-likeness (QED) is 0.713. The van der Waals surface area contributed by atoms with E-state index in [1.165, 1.54) is 0 Å². The zero-order chi connectivity index (χ0) is 20.7. The first-order valence-corrected chi connectivity index (χ1v) is 10.6. The number of rotatable bonds is 7. The van der Waals surface area contributed by atoms with Gasteiger partial charge in [0.25, 0.3) is 0 Å². The van der Waals surface area contributed by atoms with Gasteiger partial charge in [0.1, 0.15) is 5.75 Å². The monoisotopic (exact) mass is 401 g/mol. The summed E-state index contributed by atoms with van der Waals surface area (Å²) >= 11 is 0. The predicted octanol–water partition coefficient (Wildman–Crippen LogP) is 3.73. The Morgan fingerprint density at radius 2 is 1.93 bits per heavy atom. The topological polar surface area (TPSA) is 99.5 Å². The molecule has 0 radical (unpaired) electrons. The van der Waals surface area contributed by atoms with Crippen molar-refractivity contribution in [1.29, 1.82) is 5.26 Å². The maximum Gasteiger partial charge on any atom is 0.322 e. The van der Waals surface area contributed by atoms with Gasteiger partial charge >= 0.3 is 16.1 Å². The lowest BCUT2D eigenvalue weighted by molar-refractivity contribution is 0.187. The van der Waals surface area contributed by atoms with Gasteiger partial charge in [-0.3, -0.25) is 0 Å². The predicted molar refractivity (Wildman–Crippen MR) is 107 cm³/mol. The number of amides is 2. The van der Waals surface area contributed by atoms with E-state index in [4.69, 9.17) is 9.44 Å². The van der Waals surface area contributed by atoms with Crippen LogP contribution in [0.25, 0.3) is 0 Å². The van der Waals surface area contributed by atoms with Crippen LogP contribution in [0.3, 0.4) is 0 Å². The number of anilines is 1. The van der Waals surface area contributed by atoms with Crippen molar-refractivity contribution in [2.45, 2.75) is 32.9 Å². The normalized spacial score (nSPS) is 11.9. The van der Waals surface area contributed by atoms with E-state index in [0.29, 0.717) is 11.3 Å². The Morgan fingerprint density at radius 1 is 1.25 bits per heavy atom. The summed E-state index contributed by atoms with van der Waals surface area (Å²) in [7, 11) is -3.62. The molecule has 2 aromatic rings. The van der Waals surface area contributed by atoms with E-state index < -0.39 is 10.1 Å². The molecule has 0 aliphatic carbocycles. The molecule has 7 nitrogen and oxygen atoms in total. The number of carbonyl (C=O) groups is 1. The van der Waals surface area contributed by atoms with Gasteiger partial charge in [0.2, 0.25) is 0 Å². The Hall–Kier alpha value is -3.05. The van der Waals surface area contributed by atoms with Crippen molar-refractivity contribution in [3.8, 4) is 11.8 Å². The van der Waals surface area contributed by atoms with Gasteiger partial charge in [0, 0.05) is 18.3 Å². The molecule has 0 bridgehead atoms. The molecule has 2 aromatic carbocycles. The summed E-state index contributed by atoms with van der Waals surface area (Å²) in [6, 6.07) is 15.0. The van der Waals surface area contributed by atoms with E-state index in [1.54, 1.807) is 53.4 Å². The van der Waals surface area contributed by atoms with Gasteiger partial charge < -0.3 is 14.4 Å². The molecule has 1 unspecified atom stereocenters. The molecule has 0 fully saturated rings. The van der Waals surface area contributed by atoms with Crippen molar-refractivity contribution in [2.75, 3.05) is 11.6 Å². The minimum Gasteiger partial charge on any atom is -0.383 e. The zero-order valence-corrected chi connectivity index (χ0v) is 16.9. The highest BCUT2D eigenvalue weighted by atomic mass is 32.2. The molecule has 1 atom stereocenters. The van der Waals surface area contributed by atoms with Gasteiger partial charge in [-0.1, -0.05) is 19.1 Å². The summed E-state index contributed by atoms with van der Waals surface area (Å²) in [6.07, 6.45) is 1.73. The number of hydrogen-bond acceptors (Lipinski definition) is 5. The fourth-order valence-electron chi connectivity index (χ4n) is 2.54. The Bertz CT molecular complexity index is 966. The first kappa shape index (κ1) is 21.3. The van der Waals surface area contributed by atoms with Gasteiger partial charge in [0.05, 0.1) is 17.9 Å². The first-order valence-electron chi connectivity index (χ1n) is 8.78. The third-order valence-electron chi connectivity index (χ3n) is 4.15. The Balaban J connectivity index is 2.18. The van der Waals surface area contributed by atoms with Crippen LogP contribution in [0.5, 0.6) is 5.75 Å². The van der Waals surface area contributed by atoms with Crippen LogP contribution in [-0.4, -0.2) is 31.6 Å². The Morgan fingerprint density at radius 3 is 2.50 bits per heavy atom. The number of hydrogen-bond donors (Lipinski definition) is 1. The fraction of sp³-hybridized carbons (Fsp3) is 0.300. The molecule has 8 heteroatoms. The Labute approximate surface area is 165 Å². The van der Waals surface area contributed by atoms with Crippen LogP contribution in [0, 0.1) is 11.3 Å². The lowest BCUT2D eigenvalue weighted by Gasteiger charge is -2.29. The van der Waals surface area contributed by atoms with Gasteiger partial charge in [-0.15, -0.1) is 0 Å². The van der Waals surface area contributed by atoms with Crippen LogP contribution < -0.4 is 9.50 Å². The van der Waals surface area contributed by atoms with Gasteiger partial charge in [-0.05, 0) is 55.3 Å². The third kappa shape index (κ3) is 6.28. The van der Waals surface area contributed by atoms with E-state index in [0.717, 1.165) is 18.2 Å². The molecule has 0 heterocycles. The fourth-order valence-corrected chi connectivity index (χ4v) is 2.99. The molecule has 0 saturated carbocycles. The zero-order valence-electron chi connectivity index (χ0n) is 16.0. The molecule has 0 saturated heterocycles. The summed E-state index contributed by atoms with van der Waals surface area (Å²) in [4.78, 5) is 14.5. The molecule has 0 aliphatic rings. The minimum absolute atomic E-state index is 0.0436. The molecule has 28 heavy (non-hydrogen) atoms. The van der Waals surface area contributed by atoms with E-state index in [2.05, 4.69) is 5.32 Å². The maximum atomic E-state index is 12.8. The summed E-state index contributed by atoms with van der Waals surface area (Å²) in [5.74, 6) is 0.205. The molecule has 148 valence electrons. The van der Waals surface area contributed by atoms with Crippen LogP contribution in [0.4, 0.5) is 10.5 Å². The van der Waals surface area contributed by atoms with Crippen LogP contribution in [0.15, 0.2) is 48.5 Å². The second-order valence-electron chi connectivity index (χ2n) is 6.44. The highest BCUT2D eigenvalue weighted by Gasteiger charge is 2.20. The molecular formula is C20H23N3O4S. The van der Waals surface area contributed by atoms with E-state index in [9.17, 15) is 13.2 Å². The lowest BCUT2D eigenvalue weighted by atomic mass is 10.1. The van der Waals surface area contributed by atoms with E-state index in [-0.39, 0.29) is 24.4 Å². The SMILES string of the molecule is CCC(C)N(Cc1cccc(OS(C)(=O)=O)c1)C(=O)Nc1ccc(C#N)cc1. The molecular weight excluding hydrogens is 378 g/mol. The van der Waals surface area contributed by atoms with Crippen molar-refractivity contribution >= 4 is 21.8 Å². The van der Waals surface area contributed by atoms with E-state index >= 15 is 0 Å². The average Bonchev–Trinajstić information content (AvgIpc) is 2.65. The molecule has 0 aromatic heterocycles. The lowest BCUT2D eigenvalue weighted by Crippen LogP contribution is -2.40. The highest BCUT2D eigenvalue weighted by molar-refractivity contribution is 7.86. The summed E-state index contributed by atoms with van der Waals surface area (Å²) in [5.41, 5.74) is 1.85. The number of nitriles is 1. The van der Waals surface area contributed by atoms with Crippen molar-refractivity contribution in [1.82, 2.24) is 4.90 Å². The standard InChI is InChI=1S/C20H23N3O4S/c1-4-15(2)23(20(24)22-18-10-8-16(13-21)9-11-18)14-17-6-5-7-19(12-17)27-28(3,25)26/h5-12,15H,4,14H2,1-3H3,(H,22,24). The van der Waals surface area contributed by atoms with Gasteiger partial charge in [-0.2, -0.15) is 13.7 Å². The summed E-state index contributed by atoms with van der Waals surface area (Å²) in [5, 5.41) is 11.7. The minimum atomic E-state index is -3.62. The first-order chi connectivity index (χ1) is 13.2. The van der Waals surface area contributed by atoms with Crippen LogP contribution in [0.1, 0.15) is 31.4 Å². The smallest absolute Gasteiger partial charge is 0.322 e. The molecule has 1 N–H and O–H groups in total. The highest BCUT2D eigenvalue weighted by Crippen LogP contribution is 2.19. The third-order valence-corrected chi connectivity index (χ3v) is 4.64. The second kappa shape index (κ2) is 9.24. The molecule has 2 amide bonds. The van der Waals surface area contributed by atoms with Crippen molar-refractivity contribution in [3.63, 3.8) is 0 Å². The number of nitrogens with one attached hydrogen (secondary N) is 1. The number of benzene rings is 2. The van der Waals surface area contributed by atoms with Crippen LogP contribution in [0.2, 0.25) is 0 Å². The van der Waals surface area contributed by atoms with Crippen molar-refractivity contribution < 1.29 is 17.4 Å². The molecule has 0 aliphatic heterocycles. The number of nitrogens with zero attached hydrogens (tertiary/aromatic N) is 2. The van der Waals surface area contributed by atoms with Crippen molar-refractivity contribution in [2.24, 2.45) is 0 Å². The Kier molecular flexibility index (Phi) is 7.01. The summed E-state index contributed by atoms with van der Waals surface area (Å²) in [6.45, 7) is 4.21. The van der Waals surface area contributed by atoms with E-state index in [1.807, 2.05) is 19.9 Å².